The van der Waals surface area contributed by atoms with E-state index in [1.165, 1.54) is 12.0 Å². The van der Waals surface area contributed by atoms with Crippen molar-refractivity contribution in [3.05, 3.63) is 53.9 Å². The van der Waals surface area contributed by atoms with Crippen LogP contribution in [-0.2, 0) is 13.5 Å². The molecule has 1 amide bonds. The Bertz CT molecular complexity index is 620. The van der Waals surface area contributed by atoms with Crippen molar-refractivity contribution in [1.82, 2.24) is 14.7 Å². The van der Waals surface area contributed by atoms with E-state index in [2.05, 4.69) is 29.4 Å². The number of aromatic nitrogens is 2. The largest absolute Gasteiger partial charge is 0.334 e. The molecule has 1 saturated heterocycles. The van der Waals surface area contributed by atoms with Gasteiger partial charge in [0.25, 0.3) is 5.91 Å². The molecule has 0 spiro atoms. The van der Waals surface area contributed by atoms with Crippen LogP contribution in [0.5, 0.6) is 0 Å². The van der Waals surface area contributed by atoms with Gasteiger partial charge >= 0.3 is 0 Å². The van der Waals surface area contributed by atoms with Gasteiger partial charge in [0.05, 0.1) is 0 Å². The van der Waals surface area contributed by atoms with E-state index >= 15 is 0 Å². The number of benzene rings is 1. The van der Waals surface area contributed by atoms with Crippen LogP contribution < -0.4 is 0 Å². The summed E-state index contributed by atoms with van der Waals surface area (Å²) in [4.78, 5) is 14.7. The van der Waals surface area contributed by atoms with Crippen molar-refractivity contribution in [3.63, 3.8) is 0 Å². The van der Waals surface area contributed by atoms with Crippen LogP contribution in [0.15, 0.2) is 42.6 Å². The number of hydrogen-bond donors (Lipinski definition) is 0. The lowest BCUT2D eigenvalue weighted by Gasteiger charge is -2.35. The molecule has 1 atom stereocenters. The number of carbonyl (C=O) groups excluding carboxylic acids is 1. The second-order valence-electron chi connectivity index (χ2n) is 6.05. The summed E-state index contributed by atoms with van der Waals surface area (Å²) in [5.74, 6) is 0.0818. The highest BCUT2D eigenvalue weighted by Crippen LogP contribution is 2.23. The van der Waals surface area contributed by atoms with Crippen LogP contribution in [0.2, 0.25) is 0 Å². The van der Waals surface area contributed by atoms with Crippen molar-refractivity contribution >= 4 is 5.91 Å². The highest BCUT2D eigenvalue weighted by Gasteiger charge is 2.28. The van der Waals surface area contributed by atoms with E-state index in [4.69, 9.17) is 0 Å². The maximum Gasteiger partial charge on any atom is 0.274 e. The number of nitrogens with zero attached hydrogens (tertiary/aromatic N) is 3. The van der Waals surface area contributed by atoms with Crippen molar-refractivity contribution in [1.29, 1.82) is 0 Å². The molecule has 0 bridgehead atoms. The molecule has 1 aromatic heterocycles. The van der Waals surface area contributed by atoms with Crippen LogP contribution in [0.25, 0.3) is 0 Å². The predicted octanol–water partition coefficient (Wildman–Crippen LogP) is 3.05. The molecule has 4 heteroatoms. The summed E-state index contributed by atoms with van der Waals surface area (Å²) in [6, 6.07) is 12.7. The number of likely N-dealkylation sites (tertiary alicyclic amines) is 1. The standard InChI is InChI=1S/C18H23N3O/c1-20-14-12-17(19-20)18(22)21-13-6-5-9-16(21)11-10-15-7-3-2-4-8-15/h2-4,7-8,12,14,16H,5-6,9-11,13H2,1H3/t16-/m1/s1. The Morgan fingerprint density at radius 3 is 2.77 bits per heavy atom. The van der Waals surface area contributed by atoms with Gasteiger partial charge in [-0.15, -0.1) is 0 Å². The minimum atomic E-state index is 0.0818. The van der Waals surface area contributed by atoms with E-state index < -0.39 is 0 Å². The predicted molar refractivity (Wildman–Crippen MR) is 86.6 cm³/mol. The lowest BCUT2D eigenvalue weighted by molar-refractivity contribution is 0.0595. The highest BCUT2D eigenvalue weighted by molar-refractivity contribution is 5.92. The molecule has 0 N–H and O–H groups in total. The van der Waals surface area contributed by atoms with Gasteiger partial charge in [0.2, 0.25) is 0 Å². The molecule has 1 aromatic carbocycles. The topological polar surface area (TPSA) is 38.1 Å². The third-order valence-corrected chi connectivity index (χ3v) is 4.43. The Kier molecular flexibility index (Phi) is 4.56. The molecule has 0 saturated carbocycles. The fraction of sp³-hybridized carbons (Fsp3) is 0.444. The molecule has 1 aliphatic rings. The van der Waals surface area contributed by atoms with Crippen LogP contribution in [-0.4, -0.2) is 33.2 Å². The van der Waals surface area contributed by atoms with E-state index in [1.807, 2.05) is 30.3 Å². The smallest absolute Gasteiger partial charge is 0.274 e. The van der Waals surface area contributed by atoms with Crippen molar-refractivity contribution in [2.75, 3.05) is 6.54 Å². The van der Waals surface area contributed by atoms with Gasteiger partial charge in [-0.2, -0.15) is 5.10 Å². The number of aryl methyl sites for hydroxylation is 2. The molecule has 0 aliphatic carbocycles. The third-order valence-electron chi connectivity index (χ3n) is 4.43. The first-order valence-electron chi connectivity index (χ1n) is 8.08. The Hall–Kier alpha value is -2.10. The SMILES string of the molecule is Cn1ccc(C(=O)N2CCCC[C@@H]2CCc2ccccc2)n1. The quantitative estimate of drug-likeness (QED) is 0.870. The molecule has 22 heavy (non-hydrogen) atoms. The minimum absolute atomic E-state index is 0.0818. The van der Waals surface area contributed by atoms with Gasteiger partial charge in [0.1, 0.15) is 5.69 Å². The summed E-state index contributed by atoms with van der Waals surface area (Å²) in [5, 5.41) is 4.26. The Balaban J connectivity index is 1.67. The molecule has 2 aromatic rings. The summed E-state index contributed by atoms with van der Waals surface area (Å²) in [5.41, 5.74) is 1.91. The summed E-state index contributed by atoms with van der Waals surface area (Å²) in [7, 11) is 1.85. The van der Waals surface area contributed by atoms with Gasteiger partial charge in [0, 0.05) is 25.8 Å². The average molecular weight is 297 g/mol. The van der Waals surface area contributed by atoms with Crippen LogP contribution in [0.3, 0.4) is 0 Å². The van der Waals surface area contributed by atoms with Crippen molar-refractivity contribution in [2.45, 2.75) is 38.1 Å². The number of hydrogen-bond acceptors (Lipinski definition) is 2. The molecule has 2 heterocycles. The van der Waals surface area contributed by atoms with E-state index in [0.717, 1.165) is 32.2 Å². The number of amides is 1. The van der Waals surface area contributed by atoms with Crippen LogP contribution in [0.1, 0.15) is 41.7 Å². The maximum atomic E-state index is 12.7. The summed E-state index contributed by atoms with van der Waals surface area (Å²) in [6.07, 6.45) is 7.30. The zero-order valence-corrected chi connectivity index (χ0v) is 13.1. The van der Waals surface area contributed by atoms with Crippen LogP contribution in [0, 0.1) is 0 Å². The Morgan fingerprint density at radius 2 is 2.05 bits per heavy atom. The average Bonchev–Trinajstić information content (AvgIpc) is 3.00. The second kappa shape index (κ2) is 6.77. The van der Waals surface area contributed by atoms with Gasteiger partial charge in [-0.05, 0) is 43.7 Å². The lowest BCUT2D eigenvalue weighted by Crippen LogP contribution is -2.44. The maximum absolute atomic E-state index is 12.7. The molecule has 116 valence electrons. The number of rotatable bonds is 4. The lowest BCUT2D eigenvalue weighted by atomic mass is 9.95. The van der Waals surface area contributed by atoms with Crippen LogP contribution >= 0.6 is 0 Å². The van der Waals surface area contributed by atoms with E-state index in [1.54, 1.807) is 4.68 Å². The summed E-state index contributed by atoms with van der Waals surface area (Å²) in [6.45, 7) is 0.856. The van der Waals surface area contributed by atoms with Gasteiger partial charge < -0.3 is 4.90 Å². The third kappa shape index (κ3) is 3.38. The monoisotopic (exact) mass is 297 g/mol. The molecule has 0 unspecified atom stereocenters. The highest BCUT2D eigenvalue weighted by atomic mass is 16.2. The molecular formula is C18H23N3O. The second-order valence-corrected chi connectivity index (χ2v) is 6.05. The van der Waals surface area contributed by atoms with Gasteiger partial charge in [0.15, 0.2) is 0 Å². The zero-order valence-electron chi connectivity index (χ0n) is 13.1. The summed E-state index contributed by atoms with van der Waals surface area (Å²) >= 11 is 0. The molecule has 0 radical (unpaired) electrons. The Labute approximate surface area is 131 Å². The van der Waals surface area contributed by atoms with Gasteiger partial charge in [-0.25, -0.2) is 0 Å². The van der Waals surface area contributed by atoms with E-state index in [0.29, 0.717) is 11.7 Å². The van der Waals surface area contributed by atoms with Crippen LogP contribution in [0.4, 0.5) is 0 Å². The van der Waals surface area contributed by atoms with Crippen molar-refractivity contribution in [3.8, 4) is 0 Å². The van der Waals surface area contributed by atoms with E-state index in [9.17, 15) is 4.79 Å². The minimum Gasteiger partial charge on any atom is -0.334 e. The fourth-order valence-electron chi connectivity index (χ4n) is 3.22. The summed E-state index contributed by atoms with van der Waals surface area (Å²) < 4.78 is 1.69. The Morgan fingerprint density at radius 1 is 1.23 bits per heavy atom. The first kappa shape index (κ1) is 14.8. The molecule has 3 rings (SSSR count). The first-order chi connectivity index (χ1) is 10.7. The zero-order chi connectivity index (χ0) is 15.4. The van der Waals surface area contributed by atoms with Crippen molar-refractivity contribution < 1.29 is 4.79 Å². The first-order valence-corrected chi connectivity index (χ1v) is 8.08. The van der Waals surface area contributed by atoms with Gasteiger partial charge in [-0.1, -0.05) is 30.3 Å². The van der Waals surface area contributed by atoms with Crippen molar-refractivity contribution in [2.24, 2.45) is 7.05 Å². The normalized spacial score (nSPS) is 18.4. The molecule has 4 nitrogen and oxygen atoms in total. The number of piperidine rings is 1. The van der Waals surface area contributed by atoms with E-state index in [-0.39, 0.29) is 5.91 Å². The fourth-order valence-corrected chi connectivity index (χ4v) is 3.22. The van der Waals surface area contributed by atoms with Gasteiger partial charge in [-0.3, -0.25) is 9.48 Å². The number of carbonyl (C=O) groups is 1. The molecular weight excluding hydrogens is 274 g/mol. The molecule has 1 fully saturated rings. The molecule has 1 aliphatic heterocycles.